The molecule has 1 aromatic rings. The topological polar surface area (TPSA) is 52.7 Å². The second-order valence-corrected chi connectivity index (χ2v) is 6.47. The minimum atomic E-state index is 0. The van der Waals surface area contributed by atoms with Crippen molar-refractivity contribution in [1.82, 2.24) is 15.1 Å². The fraction of sp³-hybridized carbons (Fsp3) is 0.600. The monoisotopic (exact) mass is 381 g/mol. The molecule has 1 saturated heterocycles. The van der Waals surface area contributed by atoms with Gasteiger partial charge in [-0.25, -0.2) is 0 Å². The van der Waals surface area contributed by atoms with Gasteiger partial charge in [0, 0.05) is 45.6 Å². The summed E-state index contributed by atoms with van der Waals surface area (Å²) >= 11 is 0. The molecule has 1 aromatic carbocycles. The molecule has 0 radical (unpaired) electrons. The number of hydrogen-bond acceptors (Lipinski definition) is 3. The number of nitrogens with one attached hydrogen (secondary N) is 1. The fourth-order valence-electron chi connectivity index (χ4n) is 3.37. The normalized spacial score (nSPS) is 16.7. The summed E-state index contributed by atoms with van der Waals surface area (Å²) in [5, 5.41) is 3.38. The van der Waals surface area contributed by atoms with Gasteiger partial charge >= 0.3 is 0 Å². The Labute approximate surface area is 163 Å². The van der Waals surface area contributed by atoms with Crippen LogP contribution in [0.3, 0.4) is 0 Å². The van der Waals surface area contributed by atoms with Crippen molar-refractivity contribution in [2.75, 3.05) is 32.7 Å². The molecule has 5 nitrogen and oxygen atoms in total. The van der Waals surface area contributed by atoms with Crippen molar-refractivity contribution in [3.05, 3.63) is 35.4 Å². The first-order chi connectivity index (χ1) is 12.1. The molecule has 0 bridgehead atoms. The first-order valence-corrected chi connectivity index (χ1v) is 9.47. The Balaban J connectivity index is 0.00000338. The Kier molecular flexibility index (Phi) is 9.66. The smallest absolute Gasteiger partial charge is 0.223 e. The number of benzene rings is 1. The third kappa shape index (κ3) is 5.71. The van der Waals surface area contributed by atoms with E-state index in [1.807, 2.05) is 18.7 Å². The van der Waals surface area contributed by atoms with Crippen LogP contribution in [0.1, 0.15) is 50.8 Å². The zero-order valence-electron chi connectivity index (χ0n) is 16.2. The number of carbonyl (C=O) groups excluding carboxylic acids is 2. The second-order valence-electron chi connectivity index (χ2n) is 6.47. The summed E-state index contributed by atoms with van der Waals surface area (Å²) in [4.78, 5) is 28.6. The summed E-state index contributed by atoms with van der Waals surface area (Å²) in [7, 11) is 0. The Hall–Kier alpha value is -1.59. The van der Waals surface area contributed by atoms with Crippen molar-refractivity contribution in [3.8, 4) is 0 Å². The molecule has 0 saturated carbocycles. The minimum absolute atomic E-state index is 0. The van der Waals surface area contributed by atoms with E-state index in [0.29, 0.717) is 32.5 Å². The van der Waals surface area contributed by atoms with Gasteiger partial charge in [0.15, 0.2) is 0 Å². The van der Waals surface area contributed by atoms with Crippen LogP contribution in [0.4, 0.5) is 0 Å². The van der Waals surface area contributed by atoms with Gasteiger partial charge in [0.2, 0.25) is 11.8 Å². The Morgan fingerprint density at radius 3 is 2.35 bits per heavy atom. The molecule has 146 valence electrons. The van der Waals surface area contributed by atoms with Gasteiger partial charge in [-0.05, 0) is 31.4 Å². The van der Waals surface area contributed by atoms with Crippen LogP contribution in [-0.4, -0.2) is 54.3 Å². The fourth-order valence-corrected chi connectivity index (χ4v) is 3.37. The number of aryl methyl sites for hydroxylation is 1. The molecule has 1 aliphatic rings. The Bertz CT molecular complexity index is 573. The lowest BCUT2D eigenvalue weighted by molar-refractivity contribution is -0.138. The SMILES string of the molecule is CCc1ccc(C2CNCCN2C(=O)CCC(=O)N(CC)CC)cc1.Cl. The van der Waals surface area contributed by atoms with E-state index in [1.165, 1.54) is 5.56 Å². The second kappa shape index (κ2) is 11.2. The molecule has 1 fully saturated rings. The highest BCUT2D eigenvalue weighted by Gasteiger charge is 2.28. The number of hydrogen-bond donors (Lipinski definition) is 1. The molecular formula is C20H32ClN3O2. The lowest BCUT2D eigenvalue weighted by Crippen LogP contribution is -2.48. The third-order valence-corrected chi connectivity index (χ3v) is 5.01. The molecular weight excluding hydrogens is 350 g/mol. The molecule has 6 heteroatoms. The third-order valence-electron chi connectivity index (χ3n) is 5.01. The van der Waals surface area contributed by atoms with Gasteiger partial charge in [-0.15, -0.1) is 12.4 Å². The van der Waals surface area contributed by atoms with Crippen molar-refractivity contribution in [2.24, 2.45) is 0 Å². The van der Waals surface area contributed by atoms with Gasteiger partial charge in [-0.2, -0.15) is 0 Å². The maximum Gasteiger partial charge on any atom is 0.223 e. The lowest BCUT2D eigenvalue weighted by Gasteiger charge is -2.37. The number of nitrogens with zero attached hydrogens (tertiary/aromatic N) is 2. The van der Waals surface area contributed by atoms with Crippen LogP contribution in [-0.2, 0) is 16.0 Å². The predicted octanol–water partition coefficient (Wildman–Crippen LogP) is 2.79. The zero-order chi connectivity index (χ0) is 18.2. The number of carbonyl (C=O) groups is 2. The van der Waals surface area contributed by atoms with E-state index in [9.17, 15) is 9.59 Å². The van der Waals surface area contributed by atoms with E-state index >= 15 is 0 Å². The van der Waals surface area contributed by atoms with Crippen LogP contribution in [0, 0.1) is 0 Å². The van der Waals surface area contributed by atoms with E-state index < -0.39 is 0 Å². The number of rotatable bonds is 7. The summed E-state index contributed by atoms with van der Waals surface area (Å²) in [5.74, 6) is 0.143. The summed E-state index contributed by atoms with van der Waals surface area (Å²) in [5.41, 5.74) is 2.46. The van der Waals surface area contributed by atoms with Crippen LogP contribution < -0.4 is 5.32 Å². The highest BCUT2D eigenvalue weighted by molar-refractivity contribution is 5.85. The van der Waals surface area contributed by atoms with E-state index in [1.54, 1.807) is 4.90 Å². The molecule has 0 aliphatic carbocycles. The molecule has 1 unspecified atom stereocenters. The van der Waals surface area contributed by atoms with Gasteiger partial charge < -0.3 is 15.1 Å². The van der Waals surface area contributed by atoms with Crippen LogP contribution in [0.2, 0.25) is 0 Å². The van der Waals surface area contributed by atoms with Crippen molar-refractivity contribution in [2.45, 2.75) is 46.1 Å². The van der Waals surface area contributed by atoms with Crippen LogP contribution >= 0.6 is 12.4 Å². The maximum atomic E-state index is 12.7. The molecule has 1 heterocycles. The quantitative estimate of drug-likeness (QED) is 0.790. The number of piperazine rings is 1. The summed E-state index contributed by atoms with van der Waals surface area (Å²) < 4.78 is 0. The average molecular weight is 382 g/mol. The first kappa shape index (κ1) is 22.5. The van der Waals surface area contributed by atoms with Crippen LogP contribution in [0.25, 0.3) is 0 Å². The summed E-state index contributed by atoms with van der Waals surface area (Å²) in [6, 6.07) is 8.57. The largest absolute Gasteiger partial charge is 0.343 e. The van der Waals surface area contributed by atoms with Gasteiger partial charge in [0.1, 0.15) is 0 Å². The van der Waals surface area contributed by atoms with Gasteiger partial charge in [0.05, 0.1) is 6.04 Å². The van der Waals surface area contributed by atoms with Crippen LogP contribution in [0.15, 0.2) is 24.3 Å². The molecule has 0 aromatic heterocycles. The Morgan fingerprint density at radius 2 is 1.77 bits per heavy atom. The minimum Gasteiger partial charge on any atom is -0.343 e. The van der Waals surface area contributed by atoms with Crippen molar-refractivity contribution < 1.29 is 9.59 Å². The highest BCUT2D eigenvalue weighted by atomic mass is 35.5. The number of halogens is 1. The van der Waals surface area contributed by atoms with E-state index in [-0.39, 0.29) is 30.3 Å². The summed E-state index contributed by atoms with van der Waals surface area (Å²) in [6.45, 7) is 9.73. The average Bonchev–Trinajstić information content (AvgIpc) is 2.67. The van der Waals surface area contributed by atoms with E-state index in [2.05, 4.69) is 36.5 Å². The van der Waals surface area contributed by atoms with Crippen molar-refractivity contribution >= 4 is 24.2 Å². The lowest BCUT2D eigenvalue weighted by atomic mass is 10.0. The predicted molar refractivity (Wildman–Crippen MR) is 108 cm³/mol. The highest BCUT2D eigenvalue weighted by Crippen LogP contribution is 2.24. The molecule has 0 spiro atoms. The maximum absolute atomic E-state index is 12.7. The molecule has 2 amide bonds. The molecule has 1 atom stereocenters. The standard InChI is InChI=1S/C20H31N3O2.ClH/c1-4-16-7-9-17(10-8-16)18-15-21-13-14-23(18)20(25)12-11-19(24)22(5-2)6-3;/h7-10,18,21H,4-6,11-15H2,1-3H3;1H. The molecule has 1 N–H and O–H groups in total. The van der Waals surface area contributed by atoms with Gasteiger partial charge in [-0.1, -0.05) is 31.2 Å². The molecule has 1 aliphatic heterocycles. The van der Waals surface area contributed by atoms with E-state index in [0.717, 1.165) is 25.1 Å². The molecule has 2 rings (SSSR count). The van der Waals surface area contributed by atoms with Crippen LogP contribution in [0.5, 0.6) is 0 Å². The first-order valence-electron chi connectivity index (χ1n) is 9.47. The van der Waals surface area contributed by atoms with Crippen molar-refractivity contribution in [1.29, 1.82) is 0 Å². The van der Waals surface area contributed by atoms with Gasteiger partial charge in [0.25, 0.3) is 0 Å². The van der Waals surface area contributed by atoms with Gasteiger partial charge in [-0.3, -0.25) is 9.59 Å². The Morgan fingerprint density at radius 1 is 1.12 bits per heavy atom. The molecule has 26 heavy (non-hydrogen) atoms. The van der Waals surface area contributed by atoms with Crippen molar-refractivity contribution in [3.63, 3.8) is 0 Å². The summed E-state index contributed by atoms with van der Waals surface area (Å²) in [6.07, 6.45) is 1.60. The zero-order valence-corrected chi connectivity index (χ0v) is 17.0. The number of amides is 2. The van der Waals surface area contributed by atoms with E-state index in [4.69, 9.17) is 0 Å².